The van der Waals surface area contributed by atoms with Crippen molar-refractivity contribution in [1.82, 2.24) is 9.78 Å². The van der Waals surface area contributed by atoms with E-state index < -0.39 is 10.0 Å². The number of nitrogens with zero attached hydrogens (tertiary/aromatic N) is 3. The van der Waals surface area contributed by atoms with E-state index in [4.69, 9.17) is 9.88 Å². The lowest BCUT2D eigenvalue weighted by Gasteiger charge is -2.16. The molecular weight excluding hydrogens is 392 g/mol. The van der Waals surface area contributed by atoms with Crippen molar-refractivity contribution in [2.45, 2.75) is 11.3 Å². The first-order valence-electron chi connectivity index (χ1n) is 8.94. The Morgan fingerprint density at radius 3 is 2.52 bits per heavy atom. The summed E-state index contributed by atoms with van der Waals surface area (Å²) in [6, 6.07) is 13.8. The van der Waals surface area contributed by atoms with Crippen LogP contribution in [0.25, 0.3) is 11.3 Å². The number of sulfonamides is 1. The van der Waals surface area contributed by atoms with Gasteiger partial charge in [-0.1, -0.05) is 0 Å². The predicted molar refractivity (Wildman–Crippen MR) is 108 cm³/mol. The molecule has 0 unspecified atom stereocenters. The lowest BCUT2D eigenvalue weighted by molar-refractivity contribution is 0.0984. The molecule has 0 spiro atoms. The third-order valence-corrected chi connectivity index (χ3v) is 5.92. The summed E-state index contributed by atoms with van der Waals surface area (Å²) in [5.41, 5.74) is 3.50. The maximum absolute atomic E-state index is 13.1. The molecule has 0 bridgehead atoms. The van der Waals surface area contributed by atoms with E-state index >= 15 is 0 Å². The molecule has 150 valence electrons. The number of primary sulfonamides is 1. The fourth-order valence-corrected chi connectivity index (χ4v) is 4.07. The van der Waals surface area contributed by atoms with Crippen molar-refractivity contribution in [3.05, 3.63) is 59.8 Å². The summed E-state index contributed by atoms with van der Waals surface area (Å²) in [7, 11) is -0.389. The molecule has 0 fully saturated rings. The summed E-state index contributed by atoms with van der Waals surface area (Å²) in [5, 5.41) is 9.58. The van der Waals surface area contributed by atoms with Gasteiger partial charge in [0.2, 0.25) is 10.0 Å². The Balaban J connectivity index is 1.63. The molecule has 2 N–H and O–H groups in total. The highest BCUT2D eigenvalue weighted by molar-refractivity contribution is 7.89. The van der Waals surface area contributed by atoms with Crippen LogP contribution in [-0.4, -0.2) is 37.8 Å². The number of aromatic nitrogens is 2. The second-order valence-corrected chi connectivity index (χ2v) is 8.37. The summed E-state index contributed by atoms with van der Waals surface area (Å²) >= 11 is 0. The normalized spacial score (nSPS) is 13.4. The lowest BCUT2D eigenvalue weighted by Crippen LogP contribution is -2.29. The number of hydrogen-bond acceptors (Lipinski definition) is 5. The minimum Gasteiger partial charge on any atom is -0.497 e. The number of hydrogen-bond donors (Lipinski definition) is 1. The van der Waals surface area contributed by atoms with Gasteiger partial charge in [0.15, 0.2) is 5.69 Å². The first-order chi connectivity index (χ1) is 13.8. The average Bonchev–Trinajstić information content (AvgIpc) is 3.30. The molecule has 0 radical (unpaired) electrons. The Hall–Kier alpha value is -3.17. The fraction of sp³-hybridized carbons (Fsp3) is 0.200. The van der Waals surface area contributed by atoms with Gasteiger partial charge >= 0.3 is 0 Å². The van der Waals surface area contributed by atoms with E-state index in [0.717, 1.165) is 22.6 Å². The standard InChI is InChI=1S/C20H20N4O4S/c1-23-19(13-3-5-15(28-2)6-4-13)12-17(22-23)20(25)24-10-9-14-11-16(29(21,26)27)7-8-18(14)24/h3-8,11-12H,9-10H2,1-2H3,(H2,21,26,27). The van der Waals surface area contributed by atoms with Crippen molar-refractivity contribution in [1.29, 1.82) is 0 Å². The van der Waals surface area contributed by atoms with E-state index in [-0.39, 0.29) is 10.8 Å². The highest BCUT2D eigenvalue weighted by atomic mass is 32.2. The van der Waals surface area contributed by atoms with Crippen LogP contribution in [0.4, 0.5) is 5.69 Å². The largest absolute Gasteiger partial charge is 0.497 e. The number of carbonyl (C=O) groups is 1. The number of aryl methyl sites for hydroxylation is 1. The van der Waals surface area contributed by atoms with Crippen molar-refractivity contribution in [3.63, 3.8) is 0 Å². The Kier molecular flexibility index (Phi) is 4.64. The Morgan fingerprint density at radius 2 is 1.86 bits per heavy atom. The number of fused-ring (bicyclic) bond motifs is 1. The van der Waals surface area contributed by atoms with Gasteiger partial charge in [-0.15, -0.1) is 0 Å². The third kappa shape index (κ3) is 3.50. The number of nitrogens with two attached hydrogens (primary N) is 1. The molecule has 2 heterocycles. The van der Waals surface area contributed by atoms with Crippen molar-refractivity contribution in [2.75, 3.05) is 18.6 Å². The van der Waals surface area contributed by atoms with Gasteiger partial charge in [0.1, 0.15) is 5.75 Å². The second kappa shape index (κ2) is 7.02. The molecule has 0 saturated heterocycles. The number of anilines is 1. The first-order valence-corrected chi connectivity index (χ1v) is 10.5. The van der Waals surface area contributed by atoms with Crippen LogP contribution >= 0.6 is 0 Å². The molecule has 2 aromatic carbocycles. The van der Waals surface area contributed by atoms with Gasteiger partial charge in [-0.05, 0) is 60.5 Å². The van der Waals surface area contributed by atoms with Gasteiger partial charge in [-0.3, -0.25) is 9.48 Å². The SMILES string of the molecule is COc1ccc(-c2cc(C(=O)N3CCc4cc(S(N)(=O)=O)ccc43)nn2C)cc1. The minimum atomic E-state index is -3.78. The highest BCUT2D eigenvalue weighted by Gasteiger charge is 2.28. The quantitative estimate of drug-likeness (QED) is 0.705. The molecule has 1 aliphatic rings. The van der Waals surface area contributed by atoms with Gasteiger partial charge in [0.25, 0.3) is 5.91 Å². The zero-order valence-electron chi connectivity index (χ0n) is 16.0. The molecule has 1 aromatic heterocycles. The van der Waals surface area contributed by atoms with Crippen LogP contribution in [0.5, 0.6) is 5.75 Å². The maximum atomic E-state index is 13.1. The predicted octanol–water partition coefficient (Wildman–Crippen LogP) is 1.95. The molecule has 4 rings (SSSR count). The van der Waals surface area contributed by atoms with E-state index in [2.05, 4.69) is 5.10 Å². The number of methoxy groups -OCH3 is 1. The zero-order chi connectivity index (χ0) is 20.8. The number of benzene rings is 2. The van der Waals surface area contributed by atoms with Crippen LogP contribution in [0.3, 0.4) is 0 Å². The molecule has 29 heavy (non-hydrogen) atoms. The molecule has 0 atom stereocenters. The minimum absolute atomic E-state index is 0.0465. The zero-order valence-corrected chi connectivity index (χ0v) is 16.8. The molecule has 3 aromatic rings. The monoisotopic (exact) mass is 412 g/mol. The van der Waals surface area contributed by atoms with Crippen LogP contribution < -0.4 is 14.8 Å². The summed E-state index contributed by atoms with van der Waals surface area (Å²) in [6.45, 7) is 0.455. The van der Waals surface area contributed by atoms with Gasteiger partial charge < -0.3 is 9.64 Å². The lowest BCUT2D eigenvalue weighted by atomic mass is 10.1. The number of amides is 1. The molecule has 9 heteroatoms. The van der Waals surface area contributed by atoms with Crippen LogP contribution in [0.1, 0.15) is 16.1 Å². The molecule has 0 aliphatic carbocycles. The van der Waals surface area contributed by atoms with E-state index in [0.29, 0.717) is 24.3 Å². The molecule has 1 amide bonds. The van der Waals surface area contributed by atoms with Crippen LogP contribution in [0.2, 0.25) is 0 Å². The Morgan fingerprint density at radius 1 is 1.14 bits per heavy atom. The smallest absolute Gasteiger partial charge is 0.278 e. The van der Waals surface area contributed by atoms with Gasteiger partial charge in [-0.2, -0.15) is 5.10 Å². The Labute approximate surface area is 168 Å². The molecular formula is C20H20N4O4S. The summed E-state index contributed by atoms with van der Waals surface area (Å²) in [5.74, 6) is 0.516. The summed E-state index contributed by atoms with van der Waals surface area (Å²) in [6.07, 6.45) is 0.558. The highest BCUT2D eigenvalue weighted by Crippen LogP contribution is 2.31. The van der Waals surface area contributed by atoms with Crippen molar-refractivity contribution in [2.24, 2.45) is 12.2 Å². The van der Waals surface area contributed by atoms with Gasteiger partial charge in [-0.25, -0.2) is 13.6 Å². The van der Waals surface area contributed by atoms with Crippen LogP contribution in [-0.2, 0) is 23.5 Å². The van der Waals surface area contributed by atoms with E-state index in [1.54, 1.807) is 35.9 Å². The summed E-state index contributed by atoms with van der Waals surface area (Å²) < 4.78 is 30.0. The van der Waals surface area contributed by atoms with E-state index in [1.165, 1.54) is 12.1 Å². The van der Waals surface area contributed by atoms with Crippen molar-refractivity contribution in [3.8, 4) is 17.0 Å². The molecule has 1 aliphatic heterocycles. The number of ether oxygens (including phenoxy) is 1. The number of carbonyl (C=O) groups excluding carboxylic acids is 1. The molecule has 0 saturated carbocycles. The first kappa shape index (κ1) is 19.2. The average molecular weight is 412 g/mol. The number of rotatable bonds is 4. The van der Waals surface area contributed by atoms with Gasteiger partial charge in [0, 0.05) is 24.8 Å². The third-order valence-electron chi connectivity index (χ3n) is 5.00. The van der Waals surface area contributed by atoms with Crippen LogP contribution in [0.15, 0.2) is 53.4 Å². The Bertz CT molecular complexity index is 1200. The molecule has 8 nitrogen and oxygen atoms in total. The summed E-state index contributed by atoms with van der Waals surface area (Å²) in [4.78, 5) is 14.7. The van der Waals surface area contributed by atoms with Crippen molar-refractivity contribution >= 4 is 21.6 Å². The van der Waals surface area contributed by atoms with E-state index in [1.807, 2.05) is 24.3 Å². The van der Waals surface area contributed by atoms with Crippen LogP contribution in [0, 0.1) is 0 Å². The van der Waals surface area contributed by atoms with Crippen molar-refractivity contribution < 1.29 is 17.9 Å². The second-order valence-electron chi connectivity index (χ2n) is 6.81. The van der Waals surface area contributed by atoms with Gasteiger partial charge in [0.05, 0.1) is 17.7 Å². The fourth-order valence-electron chi connectivity index (χ4n) is 3.51. The maximum Gasteiger partial charge on any atom is 0.278 e. The topological polar surface area (TPSA) is 108 Å². The van der Waals surface area contributed by atoms with E-state index in [9.17, 15) is 13.2 Å².